The molecule has 0 saturated heterocycles. The summed E-state index contributed by atoms with van der Waals surface area (Å²) in [6.07, 6.45) is 0. The third-order valence-corrected chi connectivity index (χ3v) is 7.52. The van der Waals surface area contributed by atoms with Gasteiger partial charge in [-0.15, -0.1) is 0 Å². The van der Waals surface area contributed by atoms with Gasteiger partial charge in [0.2, 0.25) is 0 Å². The fourth-order valence-electron chi connectivity index (χ4n) is 5.60. The van der Waals surface area contributed by atoms with Crippen molar-refractivity contribution in [3.05, 3.63) is 135 Å². The van der Waals surface area contributed by atoms with Crippen molar-refractivity contribution in [1.29, 1.82) is 15.8 Å². The summed E-state index contributed by atoms with van der Waals surface area (Å²) in [6.45, 7) is 10.5. The largest absolute Gasteiger partial charge is 0.336 e. The average Bonchev–Trinajstić information content (AvgIpc) is 2.91. The van der Waals surface area contributed by atoms with Crippen LogP contribution in [0.4, 0.5) is 0 Å². The Balaban J connectivity index is 1.94. The van der Waals surface area contributed by atoms with Crippen molar-refractivity contribution in [3.63, 3.8) is 0 Å². The Hall–Kier alpha value is -5.46. The van der Waals surface area contributed by atoms with E-state index in [1.165, 1.54) is 0 Å². The van der Waals surface area contributed by atoms with Crippen LogP contribution in [0.25, 0.3) is 0 Å². The molecule has 0 aliphatic carbocycles. The maximum atomic E-state index is 13.8. The smallest absolute Gasteiger partial charge is 0.247 e. The number of aromatic nitrogens is 3. The molecule has 42 heavy (non-hydrogen) atoms. The second-order valence-corrected chi connectivity index (χ2v) is 10.8. The number of hydrogen-bond donors (Lipinski definition) is 0. The molecule has 9 nitrogen and oxygen atoms in total. The zero-order chi connectivity index (χ0) is 30.9. The number of hydrogen-bond acceptors (Lipinski definition) is 6. The molecule has 4 aromatic rings. The van der Waals surface area contributed by atoms with E-state index >= 15 is 0 Å². The van der Waals surface area contributed by atoms with Crippen LogP contribution >= 0.6 is 0 Å². The zero-order valence-corrected chi connectivity index (χ0v) is 24.5. The van der Waals surface area contributed by atoms with Crippen LogP contribution in [0.1, 0.15) is 66.8 Å². The highest BCUT2D eigenvalue weighted by atomic mass is 16.2. The summed E-state index contributed by atoms with van der Waals surface area (Å²) in [7, 11) is 0. The van der Waals surface area contributed by atoms with Gasteiger partial charge in [0.25, 0.3) is 0 Å². The molecule has 0 radical (unpaired) electrons. The molecule has 0 spiro atoms. The van der Waals surface area contributed by atoms with Gasteiger partial charge in [-0.25, -0.2) is 28.1 Å². The third kappa shape index (κ3) is 5.44. The van der Waals surface area contributed by atoms with Crippen LogP contribution < -0.4 is 17.1 Å². The fraction of sp³-hybridized carbons (Fsp3) is 0.273. The first kappa shape index (κ1) is 29.5. The molecule has 9 heteroatoms. The highest BCUT2D eigenvalue weighted by molar-refractivity contribution is 5.47. The van der Waals surface area contributed by atoms with Crippen molar-refractivity contribution >= 4 is 0 Å². The summed E-state index contributed by atoms with van der Waals surface area (Å²) in [5.74, 6) is 0. The molecule has 0 N–H and O–H groups in total. The van der Waals surface area contributed by atoms with Crippen molar-refractivity contribution in [2.45, 2.75) is 61.2 Å². The average molecular weight is 559 g/mol. The number of nitrogens with zero attached hydrogens (tertiary/aromatic N) is 6. The first-order valence-corrected chi connectivity index (χ1v) is 13.3. The lowest BCUT2D eigenvalue weighted by molar-refractivity contribution is 0.491. The van der Waals surface area contributed by atoms with Gasteiger partial charge in [0.15, 0.2) is 0 Å². The maximum absolute atomic E-state index is 13.8. The highest BCUT2D eigenvalue weighted by Gasteiger charge is 2.19. The lowest BCUT2D eigenvalue weighted by Crippen LogP contribution is -2.54. The Kier molecular flexibility index (Phi) is 8.13. The summed E-state index contributed by atoms with van der Waals surface area (Å²) >= 11 is 0. The lowest BCUT2D eigenvalue weighted by atomic mass is 10.00. The Morgan fingerprint density at radius 2 is 0.643 bits per heavy atom. The first-order valence-electron chi connectivity index (χ1n) is 13.3. The van der Waals surface area contributed by atoms with Crippen molar-refractivity contribution in [2.24, 2.45) is 0 Å². The van der Waals surface area contributed by atoms with Crippen LogP contribution in [-0.2, 0) is 19.6 Å². The van der Waals surface area contributed by atoms with Crippen LogP contribution in [-0.4, -0.2) is 13.7 Å². The summed E-state index contributed by atoms with van der Waals surface area (Å²) in [5.41, 5.74) is 5.62. The van der Waals surface area contributed by atoms with Gasteiger partial charge in [0.1, 0.15) is 0 Å². The number of nitriles is 3. The van der Waals surface area contributed by atoms with Gasteiger partial charge in [-0.3, -0.25) is 0 Å². The molecule has 0 saturated carbocycles. The van der Waals surface area contributed by atoms with Crippen molar-refractivity contribution in [2.75, 3.05) is 0 Å². The minimum atomic E-state index is -0.757. The van der Waals surface area contributed by atoms with E-state index in [0.29, 0.717) is 33.4 Å². The van der Waals surface area contributed by atoms with E-state index in [1.807, 2.05) is 0 Å². The van der Waals surface area contributed by atoms with Crippen LogP contribution in [0.2, 0.25) is 0 Å². The van der Waals surface area contributed by atoms with Crippen LogP contribution in [0, 0.1) is 75.5 Å². The second kappa shape index (κ2) is 11.6. The molecule has 0 amide bonds. The van der Waals surface area contributed by atoms with Crippen LogP contribution in [0.5, 0.6) is 0 Å². The van der Waals surface area contributed by atoms with Gasteiger partial charge in [-0.05, 0) is 91.6 Å². The third-order valence-electron chi connectivity index (χ3n) is 7.52. The summed E-state index contributed by atoms with van der Waals surface area (Å²) < 4.78 is 3.11. The van der Waals surface area contributed by atoms with E-state index in [2.05, 4.69) is 18.2 Å². The normalized spacial score (nSPS) is 10.6. The molecule has 1 aromatic heterocycles. The SMILES string of the molecule is Cc1cc(Cn2c(=O)n(Cc3cc(C)c(C#N)c(C)c3)c(=O)n(Cc3cc(C)c(C#N)c(C)c3)c2=O)cc(C)c1C#N. The quantitative estimate of drug-likeness (QED) is 0.353. The molecule has 210 valence electrons. The van der Waals surface area contributed by atoms with Gasteiger partial charge in [0.05, 0.1) is 54.5 Å². The van der Waals surface area contributed by atoms with E-state index < -0.39 is 17.1 Å². The van der Waals surface area contributed by atoms with Gasteiger partial charge in [-0.1, -0.05) is 36.4 Å². The summed E-state index contributed by atoms with van der Waals surface area (Å²) in [6, 6.07) is 17.1. The molecule has 0 fully saturated rings. The lowest BCUT2D eigenvalue weighted by Gasteiger charge is -2.16. The van der Waals surface area contributed by atoms with Crippen molar-refractivity contribution in [3.8, 4) is 18.2 Å². The molecule has 0 atom stereocenters. The van der Waals surface area contributed by atoms with Crippen molar-refractivity contribution in [1.82, 2.24) is 13.7 Å². The highest BCUT2D eigenvalue weighted by Crippen LogP contribution is 2.18. The maximum Gasteiger partial charge on any atom is 0.336 e. The monoisotopic (exact) mass is 558 g/mol. The summed E-state index contributed by atoms with van der Waals surface area (Å²) in [5, 5.41) is 28.4. The van der Waals surface area contributed by atoms with E-state index in [9.17, 15) is 30.2 Å². The molecular formula is C33H30N6O3. The van der Waals surface area contributed by atoms with Gasteiger partial charge in [-0.2, -0.15) is 15.8 Å². The second-order valence-electron chi connectivity index (χ2n) is 10.8. The minimum Gasteiger partial charge on any atom is -0.247 e. The van der Waals surface area contributed by atoms with Gasteiger partial charge < -0.3 is 0 Å². The molecule has 0 aliphatic heterocycles. The Bertz CT molecular complexity index is 1740. The summed E-state index contributed by atoms with van der Waals surface area (Å²) in [4.78, 5) is 41.3. The van der Waals surface area contributed by atoms with E-state index in [-0.39, 0.29) is 19.6 Å². The molecule has 0 aliphatic rings. The number of benzene rings is 3. The molecule has 1 heterocycles. The van der Waals surface area contributed by atoms with Crippen LogP contribution in [0.3, 0.4) is 0 Å². The van der Waals surface area contributed by atoms with E-state index in [4.69, 9.17) is 0 Å². The standard InChI is InChI=1S/C33H30N6O3/c1-19-7-25(8-20(2)28(19)13-34)16-37-31(40)38(17-26-9-21(3)29(14-35)22(4)10-26)33(42)39(32(37)41)18-27-11-23(5)30(15-36)24(6)12-27/h7-12H,16-18H2,1-6H3. The Morgan fingerprint density at radius 1 is 0.452 bits per heavy atom. The Morgan fingerprint density at radius 3 is 0.810 bits per heavy atom. The van der Waals surface area contributed by atoms with Crippen LogP contribution in [0.15, 0.2) is 50.8 Å². The van der Waals surface area contributed by atoms with Crippen molar-refractivity contribution < 1.29 is 0 Å². The van der Waals surface area contributed by atoms with E-state index in [1.54, 1.807) is 77.9 Å². The number of rotatable bonds is 6. The van der Waals surface area contributed by atoms with Gasteiger partial charge in [0, 0.05) is 0 Å². The fourth-order valence-corrected chi connectivity index (χ4v) is 5.60. The van der Waals surface area contributed by atoms with Gasteiger partial charge >= 0.3 is 17.1 Å². The van der Waals surface area contributed by atoms with E-state index in [0.717, 1.165) is 47.1 Å². The minimum absolute atomic E-state index is 0.0951. The predicted molar refractivity (Wildman–Crippen MR) is 158 cm³/mol. The topological polar surface area (TPSA) is 137 Å². The molecule has 3 aromatic carbocycles. The molecule has 0 bridgehead atoms. The zero-order valence-electron chi connectivity index (χ0n) is 24.5. The Labute approximate surface area is 243 Å². The molecule has 0 unspecified atom stereocenters. The number of aryl methyl sites for hydroxylation is 6. The first-order chi connectivity index (χ1) is 19.9. The predicted octanol–water partition coefficient (Wildman–Crippen LogP) is 3.78. The molecule has 4 rings (SSSR count). The molecular weight excluding hydrogens is 528 g/mol.